The van der Waals surface area contributed by atoms with Crippen LogP contribution in [0, 0.1) is 0 Å². The molecule has 0 N–H and O–H groups in total. The normalized spacial score (nSPS) is 15.2. The topological polar surface area (TPSA) is 47.0 Å². The zero-order valence-corrected chi connectivity index (χ0v) is 15.2. The van der Waals surface area contributed by atoms with Crippen molar-refractivity contribution in [3.8, 4) is 0 Å². The summed E-state index contributed by atoms with van der Waals surface area (Å²) >= 11 is 0. The van der Waals surface area contributed by atoms with Crippen molar-refractivity contribution in [3.63, 3.8) is 0 Å². The number of pyridine rings is 1. The van der Waals surface area contributed by atoms with Gasteiger partial charge < -0.3 is 0 Å². The Morgan fingerprint density at radius 1 is 0.926 bits per heavy atom. The van der Waals surface area contributed by atoms with Crippen LogP contribution in [0.1, 0.15) is 54.5 Å². The Labute approximate surface area is 154 Å². The Balaban J connectivity index is 2.06. The van der Waals surface area contributed by atoms with Crippen molar-refractivity contribution in [2.75, 3.05) is 6.26 Å². The van der Waals surface area contributed by atoms with Crippen LogP contribution in [0.25, 0.3) is 11.1 Å². The molecule has 0 saturated carbocycles. The lowest BCUT2D eigenvalue weighted by atomic mass is 9.97. The van der Waals surface area contributed by atoms with Crippen molar-refractivity contribution in [1.29, 1.82) is 0 Å². The zero-order valence-electron chi connectivity index (χ0n) is 14.4. The Morgan fingerprint density at radius 2 is 1.52 bits per heavy atom. The first-order valence-electron chi connectivity index (χ1n) is 8.27. The molecular weight excluding hydrogens is 382 g/mol. The second kappa shape index (κ2) is 7.42. The largest absolute Gasteiger partial charge is 0.280 e. The van der Waals surface area contributed by atoms with E-state index >= 15 is 0 Å². The maximum Gasteiger partial charge on any atom is 0.280 e. The van der Waals surface area contributed by atoms with E-state index in [0.717, 1.165) is 35.5 Å². The number of alkyl halides is 4. The van der Waals surface area contributed by atoms with Crippen LogP contribution < -0.4 is 0 Å². The summed E-state index contributed by atoms with van der Waals surface area (Å²) < 4.78 is 75.4. The number of aromatic nitrogens is 1. The Bertz CT molecular complexity index is 983. The number of hydrogen-bond donors (Lipinski definition) is 0. The van der Waals surface area contributed by atoms with Gasteiger partial charge in [0.1, 0.15) is 5.69 Å². The monoisotopic (exact) mass is 399 g/mol. The molecule has 3 rings (SSSR count). The molecule has 0 bridgehead atoms. The predicted molar refractivity (Wildman–Crippen MR) is 94.4 cm³/mol. The summed E-state index contributed by atoms with van der Waals surface area (Å²) in [6.07, 6.45) is -1.69. The van der Waals surface area contributed by atoms with Crippen LogP contribution >= 0.6 is 0 Å². The van der Waals surface area contributed by atoms with Gasteiger partial charge in [0.15, 0.2) is 9.84 Å². The fourth-order valence-electron chi connectivity index (χ4n) is 3.30. The van der Waals surface area contributed by atoms with Crippen LogP contribution in [0.3, 0.4) is 0 Å². The Morgan fingerprint density at radius 3 is 2.04 bits per heavy atom. The molecule has 144 valence electrons. The molecule has 27 heavy (non-hydrogen) atoms. The standard InChI is InChI=1S/C19H17F4NO2S/c1-27(25,26)13-7-5-11(6-8-13)14-3-2-4-15(14)12-9-16(18(20)21)17(19(22)23)24-10-12/h5-10,18-19H,2-4H2,1H3. The number of allylic oxidation sites excluding steroid dienone is 2. The van der Waals surface area contributed by atoms with E-state index in [0.29, 0.717) is 18.4 Å². The van der Waals surface area contributed by atoms with Gasteiger partial charge in [-0.15, -0.1) is 0 Å². The summed E-state index contributed by atoms with van der Waals surface area (Å²) in [7, 11) is -3.32. The Kier molecular flexibility index (Phi) is 5.37. The van der Waals surface area contributed by atoms with Crippen molar-refractivity contribution < 1.29 is 26.0 Å². The Hall–Kier alpha value is -2.22. The number of benzene rings is 1. The minimum Gasteiger partial charge on any atom is -0.254 e. The van der Waals surface area contributed by atoms with Crippen LogP contribution in [-0.2, 0) is 9.84 Å². The number of rotatable bonds is 5. The van der Waals surface area contributed by atoms with Gasteiger partial charge in [-0.1, -0.05) is 12.1 Å². The van der Waals surface area contributed by atoms with Crippen LogP contribution in [-0.4, -0.2) is 19.7 Å². The van der Waals surface area contributed by atoms with Crippen LogP contribution in [0.4, 0.5) is 17.6 Å². The minimum atomic E-state index is -3.32. The van der Waals surface area contributed by atoms with Crippen molar-refractivity contribution in [1.82, 2.24) is 4.98 Å². The van der Waals surface area contributed by atoms with E-state index in [1.54, 1.807) is 12.1 Å². The maximum absolute atomic E-state index is 13.2. The molecular formula is C19H17F4NO2S. The molecule has 0 radical (unpaired) electrons. The van der Waals surface area contributed by atoms with Gasteiger partial charge in [-0.05, 0) is 59.7 Å². The second-order valence-electron chi connectivity index (χ2n) is 6.41. The van der Waals surface area contributed by atoms with Gasteiger partial charge in [-0.2, -0.15) is 0 Å². The third-order valence-corrected chi connectivity index (χ3v) is 5.72. The molecule has 1 aromatic carbocycles. The number of halogens is 4. The number of hydrogen-bond acceptors (Lipinski definition) is 3. The molecule has 8 heteroatoms. The van der Waals surface area contributed by atoms with E-state index in [9.17, 15) is 26.0 Å². The molecule has 1 aliphatic carbocycles. The van der Waals surface area contributed by atoms with Crippen molar-refractivity contribution >= 4 is 21.0 Å². The van der Waals surface area contributed by atoms with Crippen LogP contribution in [0.15, 0.2) is 41.4 Å². The quantitative estimate of drug-likeness (QED) is 0.628. The molecule has 1 aliphatic rings. The van der Waals surface area contributed by atoms with E-state index in [2.05, 4.69) is 4.98 Å². The lowest BCUT2D eigenvalue weighted by Gasteiger charge is -2.13. The molecule has 0 amide bonds. The van der Waals surface area contributed by atoms with Gasteiger partial charge in [0, 0.05) is 18.0 Å². The highest BCUT2D eigenvalue weighted by Crippen LogP contribution is 2.41. The second-order valence-corrected chi connectivity index (χ2v) is 8.42. The van der Waals surface area contributed by atoms with Crippen molar-refractivity contribution in [2.24, 2.45) is 0 Å². The molecule has 0 fully saturated rings. The summed E-state index contributed by atoms with van der Waals surface area (Å²) in [5.41, 5.74) is 1.19. The summed E-state index contributed by atoms with van der Waals surface area (Å²) in [4.78, 5) is 3.76. The number of nitrogens with zero attached hydrogens (tertiary/aromatic N) is 1. The highest BCUT2D eigenvalue weighted by atomic mass is 32.2. The van der Waals surface area contributed by atoms with E-state index in [1.807, 2.05) is 0 Å². The summed E-state index contributed by atoms with van der Waals surface area (Å²) in [6.45, 7) is 0. The highest BCUT2D eigenvalue weighted by molar-refractivity contribution is 7.90. The van der Waals surface area contributed by atoms with E-state index < -0.39 is 33.9 Å². The van der Waals surface area contributed by atoms with E-state index in [-0.39, 0.29) is 4.90 Å². The molecule has 1 heterocycles. The minimum absolute atomic E-state index is 0.189. The first kappa shape index (κ1) is 19.5. The molecule has 0 aliphatic heterocycles. The molecule has 0 unspecified atom stereocenters. The fourth-order valence-corrected chi connectivity index (χ4v) is 3.93. The zero-order chi connectivity index (χ0) is 19.8. The number of sulfone groups is 1. The molecule has 3 nitrogen and oxygen atoms in total. The van der Waals surface area contributed by atoms with Gasteiger partial charge in [-0.3, -0.25) is 4.98 Å². The van der Waals surface area contributed by atoms with Gasteiger partial charge >= 0.3 is 0 Å². The fraction of sp³-hybridized carbons (Fsp3) is 0.316. The van der Waals surface area contributed by atoms with Crippen molar-refractivity contribution in [3.05, 3.63) is 58.9 Å². The SMILES string of the molecule is CS(=O)(=O)c1ccc(C2=C(c3cnc(C(F)F)c(C(F)F)c3)CCC2)cc1. The first-order valence-corrected chi connectivity index (χ1v) is 10.2. The molecule has 0 saturated heterocycles. The highest BCUT2D eigenvalue weighted by Gasteiger charge is 2.24. The van der Waals surface area contributed by atoms with Crippen LogP contribution in [0.5, 0.6) is 0 Å². The lowest BCUT2D eigenvalue weighted by molar-refractivity contribution is 0.120. The van der Waals surface area contributed by atoms with Crippen molar-refractivity contribution in [2.45, 2.75) is 37.0 Å². The van der Waals surface area contributed by atoms with Gasteiger partial charge in [0.25, 0.3) is 12.9 Å². The van der Waals surface area contributed by atoms with Gasteiger partial charge in [0.2, 0.25) is 0 Å². The maximum atomic E-state index is 13.2. The average molecular weight is 399 g/mol. The first-order chi connectivity index (χ1) is 12.7. The molecule has 2 aromatic rings. The third kappa shape index (κ3) is 4.05. The summed E-state index contributed by atoms with van der Waals surface area (Å²) in [5, 5.41) is 0. The lowest BCUT2D eigenvalue weighted by Crippen LogP contribution is -2.01. The average Bonchev–Trinajstić information content (AvgIpc) is 3.10. The molecule has 1 aromatic heterocycles. The molecule has 0 spiro atoms. The summed E-state index contributed by atoms with van der Waals surface area (Å²) in [6, 6.07) is 7.43. The molecule has 0 atom stereocenters. The summed E-state index contributed by atoms with van der Waals surface area (Å²) in [5.74, 6) is 0. The van der Waals surface area contributed by atoms with E-state index in [4.69, 9.17) is 0 Å². The van der Waals surface area contributed by atoms with Crippen LogP contribution in [0.2, 0.25) is 0 Å². The van der Waals surface area contributed by atoms with Gasteiger partial charge in [-0.25, -0.2) is 26.0 Å². The predicted octanol–water partition coefficient (Wildman–Crippen LogP) is 5.46. The van der Waals surface area contributed by atoms with Gasteiger partial charge in [0.05, 0.1) is 4.90 Å². The van der Waals surface area contributed by atoms with E-state index in [1.165, 1.54) is 18.3 Å². The third-order valence-electron chi connectivity index (χ3n) is 4.59. The smallest absolute Gasteiger partial charge is 0.254 e.